The first-order valence-electron chi connectivity index (χ1n) is 7.83. The molecule has 2 aromatic carbocycles. The molecule has 0 bridgehead atoms. The highest BCUT2D eigenvalue weighted by atomic mass is 32.2. The number of hydrogen-bond acceptors (Lipinski definition) is 3. The minimum absolute atomic E-state index is 0.114. The highest BCUT2D eigenvalue weighted by molar-refractivity contribution is 7.92. The normalized spacial score (nSPS) is 14.2. The molecule has 1 N–H and O–H groups in total. The van der Waals surface area contributed by atoms with Crippen molar-refractivity contribution < 1.29 is 13.2 Å². The van der Waals surface area contributed by atoms with E-state index < -0.39 is 10.0 Å². The lowest BCUT2D eigenvalue weighted by atomic mass is 9.99. The summed E-state index contributed by atoms with van der Waals surface area (Å²) in [6.45, 7) is 2.71. The van der Waals surface area contributed by atoms with Crippen LogP contribution in [0.4, 0.5) is 11.4 Å². The summed E-state index contributed by atoms with van der Waals surface area (Å²) in [5.41, 5.74) is 4.17. The Balaban J connectivity index is 1.92. The van der Waals surface area contributed by atoms with Crippen LogP contribution in [0.15, 0.2) is 42.5 Å². The standard InChI is InChI=1S/C18H20N2O3S/c1-13-8-9-17-14(11-13)6-4-10-20(17)18(21)15-5-3-7-16(12-15)19-24(2,22)23/h3,5,7-9,11-12,19H,4,6,10H2,1-2H3. The van der Waals surface area contributed by atoms with Crippen LogP contribution in [0.5, 0.6) is 0 Å². The molecule has 0 unspecified atom stereocenters. The lowest BCUT2D eigenvalue weighted by Gasteiger charge is -2.30. The maximum atomic E-state index is 12.9. The Morgan fingerprint density at radius 1 is 1.17 bits per heavy atom. The third-order valence-electron chi connectivity index (χ3n) is 4.01. The van der Waals surface area contributed by atoms with Crippen LogP contribution in [-0.4, -0.2) is 27.1 Å². The number of amides is 1. The van der Waals surface area contributed by atoms with Gasteiger partial charge in [-0.2, -0.15) is 0 Å². The summed E-state index contributed by atoms with van der Waals surface area (Å²) in [5, 5.41) is 0. The number of nitrogens with zero attached hydrogens (tertiary/aromatic N) is 1. The zero-order valence-electron chi connectivity index (χ0n) is 13.7. The monoisotopic (exact) mass is 344 g/mol. The maximum absolute atomic E-state index is 12.9. The van der Waals surface area contributed by atoms with Crippen LogP contribution < -0.4 is 9.62 Å². The first-order chi connectivity index (χ1) is 11.3. The Morgan fingerprint density at radius 3 is 2.71 bits per heavy atom. The molecule has 6 heteroatoms. The van der Waals surface area contributed by atoms with E-state index in [1.165, 1.54) is 11.1 Å². The topological polar surface area (TPSA) is 66.5 Å². The zero-order valence-corrected chi connectivity index (χ0v) is 14.6. The third-order valence-corrected chi connectivity index (χ3v) is 4.62. The molecule has 0 radical (unpaired) electrons. The predicted octanol–water partition coefficient (Wildman–Crippen LogP) is 2.96. The summed E-state index contributed by atoms with van der Waals surface area (Å²) < 4.78 is 25.2. The summed E-state index contributed by atoms with van der Waals surface area (Å²) in [6.07, 6.45) is 2.98. The van der Waals surface area contributed by atoms with Gasteiger partial charge in [0.25, 0.3) is 5.91 Å². The van der Waals surface area contributed by atoms with Crippen molar-refractivity contribution in [1.29, 1.82) is 0 Å². The number of hydrogen-bond donors (Lipinski definition) is 1. The number of benzene rings is 2. The minimum Gasteiger partial charge on any atom is -0.308 e. The number of fused-ring (bicyclic) bond motifs is 1. The van der Waals surface area contributed by atoms with Crippen LogP contribution in [0.2, 0.25) is 0 Å². The van der Waals surface area contributed by atoms with E-state index in [9.17, 15) is 13.2 Å². The lowest BCUT2D eigenvalue weighted by molar-refractivity contribution is 0.0985. The predicted molar refractivity (Wildman–Crippen MR) is 96.1 cm³/mol. The fraction of sp³-hybridized carbons (Fsp3) is 0.278. The molecular formula is C18H20N2O3S. The quantitative estimate of drug-likeness (QED) is 0.931. The summed E-state index contributed by atoms with van der Waals surface area (Å²) in [5.74, 6) is -0.114. The molecule has 0 atom stereocenters. The highest BCUT2D eigenvalue weighted by Crippen LogP contribution is 2.29. The molecule has 1 heterocycles. The van der Waals surface area contributed by atoms with Gasteiger partial charge >= 0.3 is 0 Å². The van der Waals surface area contributed by atoms with E-state index in [-0.39, 0.29) is 5.91 Å². The largest absolute Gasteiger partial charge is 0.308 e. The van der Waals surface area contributed by atoms with Gasteiger partial charge in [-0.3, -0.25) is 9.52 Å². The molecule has 126 valence electrons. The molecule has 1 amide bonds. The van der Waals surface area contributed by atoms with Crippen molar-refractivity contribution in [3.05, 3.63) is 59.2 Å². The minimum atomic E-state index is -3.37. The zero-order chi connectivity index (χ0) is 17.3. The van der Waals surface area contributed by atoms with E-state index in [4.69, 9.17) is 0 Å². The smallest absolute Gasteiger partial charge is 0.258 e. The first-order valence-corrected chi connectivity index (χ1v) is 9.72. The van der Waals surface area contributed by atoms with Crippen molar-refractivity contribution in [3.63, 3.8) is 0 Å². The average Bonchev–Trinajstić information content (AvgIpc) is 2.52. The van der Waals surface area contributed by atoms with Gasteiger partial charge in [0.2, 0.25) is 10.0 Å². The van der Waals surface area contributed by atoms with Crippen molar-refractivity contribution in [3.8, 4) is 0 Å². The molecule has 0 aliphatic carbocycles. The van der Waals surface area contributed by atoms with E-state index in [0.717, 1.165) is 24.8 Å². The molecule has 0 spiro atoms. The SMILES string of the molecule is Cc1ccc2c(c1)CCCN2C(=O)c1cccc(NS(C)(=O)=O)c1. The molecule has 2 aromatic rings. The second-order valence-electron chi connectivity index (χ2n) is 6.15. The maximum Gasteiger partial charge on any atom is 0.258 e. The molecule has 24 heavy (non-hydrogen) atoms. The van der Waals surface area contributed by atoms with Crippen molar-refractivity contribution in [2.75, 3.05) is 22.4 Å². The van der Waals surface area contributed by atoms with Crippen LogP contribution in [0, 0.1) is 6.92 Å². The van der Waals surface area contributed by atoms with Gasteiger partial charge in [0.1, 0.15) is 0 Å². The molecule has 0 fully saturated rings. The Morgan fingerprint density at radius 2 is 1.96 bits per heavy atom. The molecule has 5 nitrogen and oxygen atoms in total. The molecule has 0 saturated heterocycles. The number of aryl methyl sites for hydroxylation is 2. The molecule has 1 aliphatic heterocycles. The lowest BCUT2D eigenvalue weighted by Crippen LogP contribution is -2.35. The summed E-state index contributed by atoms with van der Waals surface area (Å²) >= 11 is 0. The average molecular weight is 344 g/mol. The van der Waals surface area contributed by atoms with Gasteiger partial charge in [-0.05, 0) is 49.6 Å². The van der Waals surface area contributed by atoms with Crippen molar-refractivity contribution in [2.45, 2.75) is 19.8 Å². The molecular weight excluding hydrogens is 324 g/mol. The van der Waals surface area contributed by atoms with Gasteiger partial charge < -0.3 is 4.90 Å². The number of carbonyl (C=O) groups excluding carboxylic acids is 1. The van der Waals surface area contributed by atoms with Crippen LogP contribution in [0.1, 0.15) is 27.9 Å². The summed E-state index contributed by atoms with van der Waals surface area (Å²) in [6, 6.07) is 12.7. The second kappa shape index (κ2) is 6.28. The van der Waals surface area contributed by atoms with Gasteiger partial charge in [0.15, 0.2) is 0 Å². The van der Waals surface area contributed by atoms with Crippen LogP contribution in [-0.2, 0) is 16.4 Å². The number of carbonyl (C=O) groups is 1. The van der Waals surface area contributed by atoms with E-state index in [1.54, 1.807) is 29.2 Å². The van der Waals surface area contributed by atoms with Crippen molar-refractivity contribution in [1.82, 2.24) is 0 Å². The van der Waals surface area contributed by atoms with Gasteiger partial charge in [0, 0.05) is 23.5 Å². The van der Waals surface area contributed by atoms with E-state index >= 15 is 0 Å². The highest BCUT2D eigenvalue weighted by Gasteiger charge is 2.23. The Hall–Kier alpha value is -2.34. The third kappa shape index (κ3) is 3.59. The van der Waals surface area contributed by atoms with E-state index in [0.29, 0.717) is 17.8 Å². The summed E-state index contributed by atoms with van der Waals surface area (Å²) in [7, 11) is -3.37. The first kappa shape index (κ1) is 16.5. The van der Waals surface area contributed by atoms with Gasteiger partial charge in [-0.15, -0.1) is 0 Å². The molecule has 3 rings (SSSR count). The van der Waals surface area contributed by atoms with Crippen molar-refractivity contribution in [2.24, 2.45) is 0 Å². The van der Waals surface area contributed by atoms with Gasteiger partial charge in [-0.1, -0.05) is 23.8 Å². The van der Waals surface area contributed by atoms with E-state index in [1.807, 2.05) is 19.1 Å². The van der Waals surface area contributed by atoms with Crippen LogP contribution in [0.25, 0.3) is 0 Å². The molecule has 0 saturated carbocycles. The Bertz CT molecular complexity index is 891. The van der Waals surface area contributed by atoms with Gasteiger partial charge in [-0.25, -0.2) is 8.42 Å². The second-order valence-corrected chi connectivity index (χ2v) is 7.90. The number of rotatable bonds is 3. The fourth-order valence-electron chi connectivity index (χ4n) is 3.02. The molecule has 1 aliphatic rings. The Labute approximate surface area is 142 Å². The van der Waals surface area contributed by atoms with Gasteiger partial charge in [0.05, 0.1) is 6.26 Å². The molecule has 0 aromatic heterocycles. The summed E-state index contributed by atoms with van der Waals surface area (Å²) in [4.78, 5) is 14.7. The number of nitrogens with one attached hydrogen (secondary N) is 1. The number of sulfonamides is 1. The Kier molecular flexibility index (Phi) is 4.32. The van der Waals surface area contributed by atoms with Crippen LogP contribution in [0.3, 0.4) is 0 Å². The fourth-order valence-corrected chi connectivity index (χ4v) is 3.58. The van der Waals surface area contributed by atoms with Crippen LogP contribution >= 0.6 is 0 Å². The number of anilines is 2. The van der Waals surface area contributed by atoms with E-state index in [2.05, 4.69) is 10.8 Å². The van der Waals surface area contributed by atoms with Crippen molar-refractivity contribution >= 4 is 27.3 Å².